The molecular weight excluding hydrogens is 288 g/mol. The van der Waals surface area contributed by atoms with Gasteiger partial charge in [0, 0.05) is 4.83 Å². The van der Waals surface area contributed by atoms with Gasteiger partial charge < -0.3 is 0 Å². The van der Waals surface area contributed by atoms with Crippen LogP contribution in [0.4, 0.5) is 0 Å². The molecule has 2 unspecified atom stereocenters. The Balaban J connectivity index is 1.81. The smallest absolute Gasteiger partial charge is 0.150 e. The summed E-state index contributed by atoms with van der Waals surface area (Å²) in [4.78, 5) is 0.424. The molecule has 4 heteroatoms. The van der Waals surface area contributed by atoms with Crippen LogP contribution in [0.1, 0.15) is 44.9 Å². The van der Waals surface area contributed by atoms with Crippen molar-refractivity contribution in [1.29, 1.82) is 0 Å². The lowest BCUT2D eigenvalue weighted by molar-refractivity contribution is 0.321. The summed E-state index contributed by atoms with van der Waals surface area (Å²) >= 11 is 3.73. The Hall–Kier alpha value is 0.430. The van der Waals surface area contributed by atoms with Crippen LogP contribution in [0, 0.1) is 11.8 Å². The van der Waals surface area contributed by atoms with Gasteiger partial charge in [-0.3, -0.25) is 0 Å². The summed E-state index contributed by atoms with van der Waals surface area (Å²) in [5, 5.41) is 0. The molecule has 1 aliphatic heterocycles. The maximum atomic E-state index is 11.4. The molecule has 2 nitrogen and oxygen atoms in total. The van der Waals surface area contributed by atoms with Gasteiger partial charge in [-0.2, -0.15) is 0 Å². The van der Waals surface area contributed by atoms with Crippen LogP contribution >= 0.6 is 15.9 Å². The molecule has 2 fully saturated rings. The van der Waals surface area contributed by atoms with E-state index in [4.69, 9.17) is 0 Å². The zero-order valence-corrected chi connectivity index (χ0v) is 12.1. The van der Waals surface area contributed by atoms with E-state index in [9.17, 15) is 8.42 Å². The van der Waals surface area contributed by atoms with Crippen molar-refractivity contribution in [2.75, 3.05) is 11.5 Å². The Morgan fingerprint density at radius 2 is 1.81 bits per heavy atom. The number of sulfone groups is 1. The highest BCUT2D eigenvalue weighted by molar-refractivity contribution is 9.09. The normalized spacial score (nSPS) is 32.7. The molecule has 2 aliphatic rings. The van der Waals surface area contributed by atoms with Crippen LogP contribution in [0.2, 0.25) is 0 Å². The molecule has 0 radical (unpaired) electrons. The predicted molar refractivity (Wildman–Crippen MR) is 70.7 cm³/mol. The minimum Gasteiger partial charge on any atom is -0.229 e. The highest BCUT2D eigenvalue weighted by Gasteiger charge is 2.33. The maximum Gasteiger partial charge on any atom is 0.150 e. The minimum atomic E-state index is -2.71. The zero-order chi connectivity index (χ0) is 11.6. The summed E-state index contributed by atoms with van der Waals surface area (Å²) in [7, 11) is -2.71. The Bertz CT molecular complexity index is 320. The van der Waals surface area contributed by atoms with Gasteiger partial charge in [0.1, 0.15) is 0 Å². The third-order valence-corrected chi connectivity index (χ3v) is 6.98. The Kier molecular flexibility index (Phi) is 4.33. The maximum absolute atomic E-state index is 11.4. The molecule has 0 N–H and O–H groups in total. The molecule has 0 aromatic heterocycles. The number of alkyl halides is 1. The van der Waals surface area contributed by atoms with Gasteiger partial charge in [0.05, 0.1) is 11.5 Å². The molecule has 0 spiro atoms. The first-order chi connectivity index (χ1) is 7.57. The fourth-order valence-corrected chi connectivity index (χ4v) is 6.15. The van der Waals surface area contributed by atoms with Gasteiger partial charge in [0.2, 0.25) is 0 Å². The van der Waals surface area contributed by atoms with Crippen molar-refractivity contribution >= 4 is 25.8 Å². The SMILES string of the molecule is O=S1(=O)CCC(C(Br)CC2CCCCC2)C1. The summed E-state index contributed by atoms with van der Waals surface area (Å²) in [5.74, 6) is 2.02. The van der Waals surface area contributed by atoms with E-state index in [0.717, 1.165) is 12.3 Å². The van der Waals surface area contributed by atoms with E-state index in [1.165, 1.54) is 38.5 Å². The molecule has 2 atom stereocenters. The van der Waals surface area contributed by atoms with E-state index in [2.05, 4.69) is 15.9 Å². The number of rotatable bonds is 3. The van der Waals surface area contributed by atoms with E-state index in [1.54, 1.807) is 0 Å². The molecule has 0 bridgehead atoms. The quantitative estimate of drug-likeness (QED) is 0.751. The van der Waals surface area contributed by atoms with Crippen LogP contribution in [-0.2, 0) is 9.84 Å². The predicted octanol–water partition coefficient (Wildman–Crippen LogP) is 3.16. The van der Waals surface area contributed by atoms with Crippen LogP contribution in [0.3, 0.4) is 0 Å². The third-order valence-electron chi connectivity index (χ3n) is 4.06. The van der Waals surface area contributed by atoms with Crippen molar-refractivity contribution in [3.8, 4) is 0 Å². The van der Waals surface area contributed by atoms with Gasteiger partial charge in [-0.15, -0.1) is 0 Å². The Labute approximate surface area is 107 Å². The highest BCUT2D eigenvalue weighted by Crippen LogP contribution is 2.35. The Morgan fingerprint density at radius 3 is 2.38 bits per heavy atom. The Morgan fingerprint density at radius 1 is 1.12 bits per heavy atom. The summed E-state index contributed by atoms with van der Waals surface area (Å²) in [6.45, 7) is 0. The lowest BCUT2D eigenvalue weighted by Crippen LogP contribution is -2.20. The molecule has 0 aromatic rings. The van der Waals surface area contributed by atoms with Gasteiger partial charge in [-0.1, -0.05) is 48.0 Å². The van der Waals surface area contributed by atoms with E-state index < -0.39 is 9.84 Å². The highest BCUT2D eigenvalue weighted by atomic mass is 79.9. The summed E-state index contributed by atoms with van der Waals surface area (Å²) in [6.07, 6.45) is 8.87. The topological polar surface area (TPSA) is 34.1 Å². The average Bonchev–Trinajstić information content (AvgIpc) is 2.60. The molecule has 1 aliphatic carbocycles. The number of halogens is 1. The van der Waals surface area contributed by atoms with Crippen LogP contribution in [0.25, 0.3) is 0 Å². The van der Waals surface area contributed by atoms with Gasteiger partial charge in [0.25, 0.3) is 0 Å². The summed E-state index contributed by atoms with van der Waals surface area (Å²) in [5.41, 5.74) is 0. The zero-order valence-electron chi connectivity index (χ0n) is 9.70. The van der Waals surface area contributed by atoms with E-state index in [1.807, 2.05) is 0 Å². The van der Waals surface area contributed by atoms with Gasteiger partial charge >= 0.3 is 0 Å². The second-order valence-corrected chi connectivity index (χ2v) is 8.82. The standard InChI is InChI=1S/C12H21BrO2S/c13-12(8-10-4-2-1-3-5-10)11-6-7-16(14,15)9-11/h10-12H,1-9H2. The van der Waals surface area contributed by atoms with E-state index in [0.29, 0.717) is 22.3 Å². The monoisotopic (exact) mass is 308 g/mol. The molecule has 1 saturated heterocycles. The van der Waals surface area contributed by atoms with Crippen molar-refractivity contribution in [1.82, 2.24) is 0 Å². The fourth-order valence-electron chi connectivity index (χ4n) is 3.04. The molecule has 0 amide bonds. The van der Waals surface area contributed by atoms with Crippen molar-refractivity contribution < 1.29 is 8.42 Å². The first kappa shape index (κ1) is 12.9. The minimum absolute atomic E-state index is 0.368. The molecule has 2 rings (SSSR count). The third kappa shape index (κ3) is 3.46. The first-order valence-corrected chi connectivity index (χ1v) is 9.15. The van der Waals surface area contributed by atoms with Crippen LogP contribution in [-0.4, -0.2) is 24.8 Å². The lowest BCUT2D eigenvalue weighted by Gasteiger charge is -2.26. The first-order valence-electron chi connectivity index (χ1n) is 6.41. The summed E-state index contributed by atoms with van der Waals surface area (Å²) in [6, 6.07) is 0. The van der Waals surface area contributed by atoms with Crippen molar-refractivity contribution in [2.45, 2.75) is 49.8 Å². The van der Waals surface area contributed by atoms with Crippen LogP contribution in [0.5, 0.6) is 0 Å². The van der Waals surface area contributed by atoms with Crippen LogP contribution < -0.4 is 0 Å². The van der Waals surface area contributed by atoms with Gasteiger partial charge in [-0.05, 0) is 24.7 Å². The molecule has 94 valence electrons. The van der Waals surface area contributed by atoms with Crippen molar-refractivity contribution in [3.63, 3.8) is 0 Å². The molecule has 16 heavy (non-hydrogen) atoms. The molecule has 1 saturated carbocycles. The van der Waals surface area contributed by atoms with Crippen molar-refractivity contribution in [3.05, 3.63) is 0 Å². The molecule has 0 aromatic carbocycles. The second kappa shape index (κ2) is 5.38. The summed E-state index contributed by atoms with van der Waals surface area (Å²) < 4.78 is 22.8. The molecular formula is C12H21BrO2S. The second-order valence-electron chi connectivity index (χ2n) is 5.42. The average molecular weight is 309 g/mol. The number of hydrogen-bond donors (Lipinski definition) is 0. The number of hydrogen-bond acceptors (Lipinski definition) is 2. The van der Waals surface area contributed by atoms with Crippen LogP contribution in [0.15, 0.2) is 0 Å². The largest absolute Gasteiger partial charge is 0.229 e. The fraction of sp³-hybridized carbons (Fsp3) is 1.00. The van der Waals surface area contributed by atoms with Gasteiger partial charge in [0.15, 0.2) is 9.84 Å². The van der Waals surface area contributed by atoms with E-state index >= 15 is 0 Å². The van der Waals surface area contributed by atoms with Gasteiger partial charge in [-0.25, -0.2) is 8.42 Å². The van der Waals surface area contributed by atoms with Crippen molar-refractivity contribution in [2.24, 2.45) is 11.8 Å². The molecule has 1 heterocycles. The van der Waals surface area contributed by atoms with E-state index in [-0.39, 0.29) is 0 Å². The lowest BCUT2D eigenvalue weighted by atomic mass is 9.84.